The predicted molar refractivity (Wildman–Crippen MR) is 142 cm³/mol. The summed E-state index contributed by atoms with van der Waals surface area (Å²) in [6.45, 7) is 0.635. The Morgan fingerprint density at radius 2 is 1.53 bits per heavy atom. The number of pyridine rings is 1. The van der Waals surface area contributed by atoms with Gasteiger partial charge in [0.2, 0.25) is 0 Å². The third-order valence-corrected chi connectivity index (χ3v) is 7.14. The van der Waals surface area contributed by atoms with Crippen LogP contribution in [0.3, 0.4) is 0 Å². The van der Waals surface area contributed by atoms with Gasteiger partial charge in [0.1, 0.15) is 17.2 Å². The lowest BCUT2D eigenvalue weighted by Gasteiger charge is -2.26. The van der Waals surface area contributed by atoms with E-state index in [1.54, 1.807) is 14.2 Å². The third kappa shape index (κ3) is 4.16. The van der Waals surface area contributed by atoms with Crippen LogP contribution in [0, 0.1) is 0 Å². The number of benzene rings is 3. The summed E-state index contributed by atoms with van der Waals surface area (Å²) in [7, 11) is 7.52. The first-order chi connectivity index (χ1) is 17.5. The molecule has 6 nitrogen and oxygen atoms in total. The lowest BCUT2D eigenvalue weighted by molar-refractivity contribution is -0.674. The van der Waals surface area contributed by atoms with E-state index >= 15 is 0 Å². The van der Waals surface area contributed by atoms with Gasteiger partial charge < -0.3 is 19.7 Å². The molecule has 1 aromatic heterocycles. The summed E-state index contributed by atoms with van der Waals surface area (Å²) in [5.41, 5.74) is 7.59. The van der Waals surface area contributed by atoms with Crippen LogP contribution in [-0.2, 0) is 32.6 Å². The molecule has 6 heteroatoms. The zero-order chi connectivity index (χ0) is 25.4. The number of methoxy groups -OCH3 is 2. The van der Waals surface area contributed by atoms with Crippen molar-refractivity contribution in [3.05, 3.63) is 82.4 Å². The summed E-state index contributed by atoms with van der Waals surface area (Å²) in [6, 6.07) is 18.8. The van der Waals surface area contributed by atoms with E-state index in [2.05, 4.69) is 53.9 Å². The number of aryl methyl sites for hydroxylation is 1. The monoisotopic (exact) mass is 485 g/mol. The van der Waals surface area contributed by atoms with Crippen LogP contribution in [0.15, 0.2) is 54.6 Å². The molecule has 0 aliphatic carbocycles. The maximum absolute atomic E-state index is 9.94. The number of anilines is 1. The normalized spacial score (nSPS) is 12.3. The topological polar surface area (TPSA) is 66.0 Å². The first kappa shape index (κ1) is 24.1. The minimum atomic E-state index is -0.107. The molecule has 0 amide bonds. The Balaban J connectivity index is 1.76. The highest BCUT2D eigenvalue weighted by molar-refractivity contribution is 5.94. The van der Waals surface area contributed by atoms with Gasteiger partial charge in [-0.2, -0.15) is 0 Å². The minimum absolute atomic E-state index is 0.102. The molecule has 0 spiro atoms. The fraction of sp³-hybridized carbons (Fsp3) is 0.300. The molecule has 2 heterocycles. The van der Waals surface area contributed by atoms with Gasteiger partial charge in [-0.3, -0.25) is 4.90 Å². The standard InChI is InChI=1S/C30H33N2O4/c1-31(2)30-27-15-24(18-34)23(17-33)12-21(27)16-28-29-20(9-10-32(28)30)13-26(36-4)14-22(29)11-19-5-7-25(35-3)8-6-19/h5-8,12-16,33-34H,9-11,17-18H2,1-4H3/q+1. The molecule has 1 aliphatic rings. The molecule has 5 rings (SSSR count). The van der Waals surface area contributed by atoms with Gasteiger partial charge in [-0.1, -0.05) is 12.1 Å². The minimum Gasteiger partial charge on any atom is -0.497 e. The Labute approximate surface area is 212 Å². The van der Waals surface area contributed by atoms with Gasteiger partial charge in [-0.25, -0.2) is 4.57 Å². The van der Waals surface area contributed by atoms with Gasteiger partial charge in [0, 0.05) is 12.0 Å². The highest BCUT2D eigenvalue weighted by Gasteiger charge is 2.30. The molecule has 1 aliphatic heterocycles. The number of fused-ring (bicyclic) bond motifs is 4. The second kappa shape index (κ2) is 9.80. The lowest BCUT2D eigenvalue weighted by atomic mass is 9.88. The Bertz CT molecular complexity index is 1430. The van der Waals surface area contributed by atoms with Crippen molar-refractivity contribution in [2.45, 2.75) is 32.6 Å². The predicted octanol–water partition coefficient (Wildman–Crippen LogP) is 4.01. The van der Waals surface area contributed by atoms with Gasteiger partial charge in [0.05, 0.1) is 53.5 Å². The number of hydrogen-bond acceptors (Lipinski definition) is 5. The molecule has 0 saturated carbocycles. The van der Waals surface area contributed by atoms with E-state index in [4.69, 9.17) is 9.47 Å². The second-order valence-corrected chi connectivity index (χ2v) is 9.52. The van der Waals surface area contributed by atoms with Crippen LogP contribution in [0.4, 0.5) is 5.82 Å². The van der Waals surface area contributed by atoms with Crippen LogP contribution in [-0.4, -0.2) is 38.5 Å². The van der Waals surface area contributed by atoms with Crippen molar-refractivity contribution < 1.29 is 24.3 Å². The van der Waals surface area contributed by atoms with Gasteiger partial charge in [-0.15, -0.1) is 0 Å². The SMILES string of the molecule is COc1ccc(Cc2cc(OC)cc3c2-c2cc4cc(CO)c(CO)cc4c(N(C)C)[n+]2CC3)cc1. The molecular weight excluding hydrogens is 452 g/mol. The zero-order valence-electron chi connectivity index (χ0n) is 21.3. The number of ether oxygens (including phenoxy) is 2. The van der Waals surface area contributed by atoms with Crippen molar-refractivity contribution in [3.63, 3.8) is 0 Å². The second-order valence-electron chi connectivity index (χ2n) is 9.52. The van der Waals surface area contributed by atoms with Gasteiger partial charge in [0.15, 0.2) is 0 Å². The van der Waals surface area contributed by atoms with Crippen LogP contribution in [0.25, 0.3) is 22.0 Å². The Kier molecular flexibility index (Phi) is 6.56. The fourth-order valence-corrected chi connectivity index (χ4v) is 5.43. The highest BCUT2D eigenvalue weighted by Crippen LogP contribution is 2.38. The van der Waals surface area contributed by atoms with Crippen LogP contribution < -0.4 is 18.9 Å². The van der Waals surface area contributed by atoms with E-state index in [1.165, 1.54) is 22.3 Å². The average molecular weight is 486 g/mol. The van der Waals surface area contributed by atoms with E-state index in [-0.39, 0.29) is 13.2 Å². The number of hydrogen-bond donors (Lipinski definition) is 2. The molecule has 0 saturated heterocycles. The van der Waals surface area contributed by atoms with Crippen molar-refractivity contribution >= 4 is 16.6 Å². The molecule has 186 valence electrons. The molecule has 3 aromatic carbocycles. The first-order valence-electron chi connectivity index (χ1n) is 12.2. The third-order valence-electron chi connectivity index (χ3n) is 7.14. The summed E-state index contributed by atoms with van der Waals surface area (Å²) >= 11 is 0. The molecule has 0 unspecified atom stereocenters. The van der Waals surface area contributed by atoms with Crippen molar-refractivity contribution in [2.24, 2.45) is 0 Å². The fourth-order valence-electron chi connectivity index (χ4n) is 5.43. The average Bonchev–Trinajstić information content (AvgIpc) is 2.90. The number of aromatic nitrogens is 1. The molecule has 4 aromatic rings. The maximum Gasteiger partial charge on any atom is 0.284 e. The maximum atomic E-state index is 9.94. The number of aliphatic hydroxyl groups excluding tert-OH is 2. The number of nitrogens with zero attached hydrogens (tertiary/aromatic N) is 2. The van der Waals surface area contributed by atoms with Gasteiger partial charge in [0.25, 0.3) is 5.82 Å². The van der Waals surface area contributed by atoms with Crippen molar-refractivity contribution in [2.75, 3.05) is 33.2 Å². The van der Waals surface area contributed by atoms with Crippen LogP contribution in [0.1, 0.15) is 27.8 Å². The zero-order valence-corrected chi connectivity index (χ0v) is 21.3. The molecular formula is C30H33N2O4+. The Morgan fingerprint density at radius 1 is 0.833 bits per heavy atom. The van der Waals surface area contributed by atoms with Gasteiger partial charge in [-0.05, 0) is 82.1 Å². The van der Waals surface area contributed by atoms with Gasteiger partial charge >= 0.3 is 0 Å². The molecule has 0 radical (unpaired) electrons. The van der Waals surface area contributed by atoms with Crippen LogP contribution in [0.2, 0.25) is 0 Å². The van der Waals surface area contributed by atoms with E-state index in [0.29, 0.717) is 0 Å². The summed E-state index contributed by atoms with van der Waals surface area (Å²) in [5, 5.41) is 22.0. The van der Waals surface area contributed by atoms with Crippen LogP contribution in [0.5, 0.6) is 11.5 Å². The lowest BCUT2D eigenvalue weighted by Crippen LogP contribution is -2.45. The summed E-state index contributed by atoms with van der Waals surface area (Å²) < 4.78 is 13.4. The van der Waals surface area contributed by atoms with Crippen molar-refractivity contribution in [1.82, 2.24) is 0 Å². The smallest absolute Gasteiger partial charge is 0.284 e. The first-order valence-corrected chi connectivity index (χ1v) is 12.2. The molecule has 0 bridgehead atoms. The van der Waals surface area contributed by atoms with E-state index in [9.17, 15) is 10.2 Å². The molecule has 0 fully saturated rings. The van der Waals surface area contributed by atoms with E-state index in [1.807, 2.05) is 24.3 Å². The Morgan fingerprint density at radius 3 is 2.17 bits per heavy atom. The quantitative estimate of drug-likeness (QED) is 0.387. The van der Waals surface area contributed by atoms with Crippen molar-refractivity contribution in [3.8, 4) is 22.8 Å². The van der Waals surface area contributed by atoms with Crippen molar-refractivity contribution in [1.29, 1.82) is 0 Å². The van der Waals surface area contributed by atoms with E-state index < -0.39 is 0 Å². The molecule has 2 N–H and O–H groups in total. The largest absolute Gasteiger partial charge is 0.497 e. The molecule has 36 heavy (non-hydrogen) atoms. The number of aliphatic hydroxyl groups is 2. The summed E-state index contributed by atoms with van der Waals surface area (Å²) in [5.74, 6) is 2.81. The molecule has 0 atom stereocenters. The Hall–Kier alpha value is -3.61. The summed E-state index contributed by atoms with van der Waals surface area (Å²) in [6.07, 6.45) is 1.66. The number of rotatable bonds is 7. The van der Waals surface area contributed by atoms with Crippen LogP contribution >= 0.6 is 0 Å². The summed E-state index contributed by atoms with van der Waals surface area (Å²) in [4.78, 5) is 2.14. The highest BCUT2D eigenvalue weighted by atomic mass is 16.5. The van der Waals surface area contributed by atoms with E-state index in [0.717, 1.165) is 64.3 Å².